The van der Waals surface area contributed by atoms with Crippen LogP contribution in [0, 0.1) is 5.92 Å². The molecule has 2 unspecified atom stereocenters. The lowest BCUT2D eigenvalue weighted by Gasteiger charge is -2.29. The number of hydrogen-bond acceptors (Lipinski definition) is 11. The monoisotopic (exact) mass is 659 g/mol. The number of aliphatic hydroxyl groups is 1. The summed E-state index contributed by atoms with van der Waals surface area (Å²) in [5.41, 5.74) is 2.93. The third kappa shape index (κ3) is 10.3. The molecular formula is C30H37N5O8S2. The van der Waals surface area contributed by atoms with E-state index in [-0.39, 0.29) is 43.5 Å². The summed E-state index contributed by atoms with van der Waals surface area (Å²) in [7, 11) is -4.34. The van der Waals surface area contributed by atoms with Crippen molar-refractivity contribution >= 4 is 50.4 Å². The fourth-order valence-electron chi connectivity index (χ4n) is 4.46. The molecule has 0 aliphatic rings. The number of alkyl carbamates (subject to hydrolysis) is 1. The number of ether oxygens (including phenoxy) is 2. The van der Waals surface area contributed by atoms with Gasteiger partial charge in [0, 0.05) is 23.6 Å². The van der Waals surface area contributed by atoms with Crippen LogP contribution in [0.15, 0.2) is 71.2 Å². The molecule has 0 fully saturated rings. The highest BCUT2D eigenvalue weighted by molar-refractivity contribution is 7.86. The molecule has 13 nitrogen and oxygen atoms in total. The smallest absolute Gasteiger partial charge is 0.412 e. The topological polar surface area (TPSA) is 172 Å². The Kier molecular flexibility index (Phi) is 11.9. The molecule has 15 heteroatoms. The minimum absolute atomic E-state index is 0.0248. The van der Waals surface area contributed by atoms with E-state index in [1.807, 2.05) is 44.2 Å². The van der Waals surface area contributed by atoms with Crippen molar-refractivity contribution in [2.75, 3.05) is 25.0 Å². The van der Waals surface area contributed by atoms with E-state index in [0.717, 1.165) is 10.4 Å². The van der Waals surface area contributed by atoms with E-state index in [0.29, 0.717) is 16.7 Å². The molecular weight excluding hydrogens is 622 g/mol. The molecule has 0 saturated carbocycles. The molecule has 0 aliphatic carbocycles. The van der Waals surface area contributed by atoms with Crippen molar-refractivity contribution in [2.24, 2.45) is 5.92 Å². The predicted octanol–water partition coefficient (Wildman–Crippen LogP) is 4.67. The van der Waals surface area contributed by atoms with Gasteiger partial charge >= 0.3 is 22.3 Å². The number of anilines is 1. The number of aromatic nitrogens is 2. The Labute approximate surface area is 265 Å². The van der Waals surface area contributed by atoms with E-state index in [4.69, 9.17) is 13.8 Å². The fourth-order valence-corrected chi connectivity index (χ4v) is 5.95. The summed E-state index contributed by atoms with van der Waals surface area (Å²) in [5, 5.41) is 18.4. The zero-order valence-electron chi connectivity index (χ0n) is 25.1. The quantitative estimate of drug-likeness (QED) is 0.131. The highest BCUT2D eigenvalue weighted by atomic mass is 32.2. The second kappa shape index (κ2) is 15.8. The average molecular weight is 660 g/mol. The number of nitrogens with zero attached hydrogens (tertiary/aromatic N) is 2. The number of rotatable bonds is 15. The second-order valence-electron chi connectivity index (χ2n) is 10.6. The van der Waals surface area contributed by atoms with Crippen molar-refractivity contribution in [2.45, 2.75) is 50.8 Å². The number of hydroxylamine groups is 2. The third-order valence-electron chi connectivity index (χ3n) is 6.45. The van der Waals surface area contributed by atoms with Crippen LogP contribution in [0.5, 0.6) is 0 Å². The van der Waals surface area contributed by atoms with Gasteiger partial charge in [0.05, 0.1) is 40.6 Å². The molecule has 2 aromatic heterocycles. The van der Waals surface area contributed by atoms with Crippen molar-refractivity contribution in [1.82, 2.24) is 20.3 Å². The Morgan fingerprint density at radius 1 is 1.07 bits per heavy atom. The first-order valence-electron chi connectivity index (χ1n) is 14.3. The largest absolute Gasteiger partial charge is 0.450 e. The van der Waals surface area contributed by atoms with Crippen LogP contribution in [0.25, 0.3) is 10.9 Å². The number of carbonyl (C=O) groups excluding carboxylic acids is 2. The standard InChI is InChI=1S/C30H37N5O8S2/c1-4-41-30(38)34-28-13-22-10-11-24(14-25(22)32-28)45(39,40)43-35(16-20(2)3)17-27(36)26(12-21-8-6-5-7-9-21)33-29(37)42-18-23-15-31-19-44-23/h5-11,13-15,19-20,26-27,32,36H,4,12,16-18H2,1-3H3,(H,33,37)(H,34,38). The number of carbonyl (C=O) groups is 2. The molecule has 2 atom stereocenters. The Bertz CT molecular complexity index is 1650. The molecule has 0 spiro atoms. The molecule has 4 N–H and O–H groups in total. The molecule has 45 heavy (non-hydrogen) atoms. The van der Waals surface area contributed by atoms with Gasteiger partial charge in [-0.1, -0.05) is 50.2 Å². The number of amides is 2. The Morgan fingerprint density at radius 3 is 2.53 bits per heavy atom. The number of aromatic amines is 1. The number of aliphatic hydroxyl groups excluding tert-OH is 1. The minimum atomic E-state index is -4.34. The van der Waals surface area contributed by atoms with Gasteiger partial charge in [0.25, 0.3) is 0 Å². The normalized spacial score (nSPS) is 13.1. The van der Waals surface area contributed by atoms with Crippen molar-refractivity contribution in [3.8, 4) is 0 Å². The number of H-pyrrole nitrogens is 1. The molecule has 0 bridgehead atoms. The molecule has 2 heterocycles. The summed E-state index contributed by atoms with van der Waals surface area (Å²) < 4.78 is 42.6. The maximum absolute atomic E-state index is 13.4. The Balaban J connectivity index is 1.48. The molecule has 4 aromatic rings. The van der Waals surface area contributed by atoms with E-state index < -0.39 is 34.5 Å². The lowest BCUT2D eigenvalue weighted by Crippen LogP contribution is -2.50. The van der Waals surface area contributed by atoms with Gasteiger partial charge < -0.3 is 24.9 Å². The highest BCUT2D eigenvalue weighted by Gasteiger charge is 2.29. The Morgan fingerprint density at radius 2 is 1.84 bits per heavy atom. The lowest BCUT2D eigenvalue weighted by atomic mass is 10.0. The van der Waals surface area contributed by atoms with Crippen LogP contribution in [0.2, 0.25) is 0 Å². The van der Waals surface area contributed by atoms with E-state index in [1.54, 1.807) is 30.8 Å². The molecule has 0 saturated heterocycles. The molecule has 2 amide bonds. The summed E-state index contributed by atoms with van der Waals surface area (Å²) in [6.45, 7) is 5.61. The second-order valence-corrected chi connectivity index (χ2v) is 13.1. The van der Waals surface area contributed by atoms with Crippen LogP contribution in [0.1, 0.15) is 31.2 Å². The van der Waals surface area contributed by atoms with Gasteiger partial charge in [0.1, 0.15) is 12.4 Å². The maximum atomic E-state index is 13.4. The zero-order chi connectivity index (χ0) is 32.4. The van der Waals surface area contributed by atoms with Crippen molar-refractivity contribution in [3.05, 3.63) is 76.7 Å². The number of thiazole rings is 1. The maximum Gasteiger partial charge on any atom is 0.412 e. The van der Waals surface area contributed by atoms with Crippen LogP contribution in [-0.2, 0) is 36.9 Å². The van der Waals surface area contributed by atoms with Crippen molar-refractivity contribution < 1.29 is 36.9 Å². The number of nitrogens with one attached hydrogen (secondary N) is 3. The van der Waals surface area contributed by atoms with Crippen molar-refractivity contribution in [1.29, 1.82) is 0 Å². The first-order valence-corrected chi connectivity index (χ1v) is 16.6. The number of hydrogen-bond donors (Lipinski definition) is 4. The zero-order valence-corrected chi connectivity index (χ0v) is 26.8. The molecule has 2 aromatic carbocycles. The minimum Gasteiger partial charge on any atom is -0.450 e. The third-order valence-corrected chi connectivity index (χ3v) is 8.44. The van der Waals surface area contributed by atoms with Gasteiger partial charge in [-0.05, 0) is 43.0 Å². The number of benzene rings is 2. The van der Waals surface area contributed by atoms with E-state index >= 15 is 0 Å². The summed E-state index contributed by atoms with van der Waals surface area (Å²) in [6, 6.07) is 14.5. The van der Waals surface area contributed by atoms with Crippen LogP contribution < -0.4 is 10.6 Å². The highest BCUT2D eigenvalue weighted by Crippen LogP contribution is 2.24. The van der Waals surface area contributed by atoms with Gasteiger partial charge in [-0.15, -0.1) is 11.3 Å². The van der Waals surface area contributed by atoms with E-state index in [1.165, 1.54) is 28.5 Å². The molecule has 0 aliphatic heterocycles. The van der Waals surface area contributed by atoms with Gasteiger partial charge in [0.2, 0.25) is 0 Å². The van der Waals surface area contributed by atoms with Gasteiger partial charge in [-0.25, -0.2) is 9.59 Å². The van der Waals surface area contributed by atoms with Crippen LogP contribution in [-0.4, -0.2) is 72.6 Å². The summed E-state index contributed by atoms with van der Waals surface area (Å²) >= 11 is 1.35. The van der Waals surface area contributed by atoms with Gasteiger partial charge in [-0.3, -0.25) is 10.3 Å². The first kappa shape index (κ1) is 33.9. The molecule has 4 rings (SSSR count). The van der Waals surface area contributed by atoms with Gasteiger partial charge in [-0.2, -0.15) is 17.8 Å². The SMILES string of the molecule is CCOC(=O)Nc1cc2ccc(S(=O)(=O)ON(CC(C)C)CC(O)C(Cc3ccccc3)NC(=O)OCc3cncs3)cc2[nH]1. The van der Waals surface area contributed by atoms with Crippen molar-refractivity contribution in [3.63, 3.8) is 0 Å². The molecule has 242 valence electrons. The summed E-state index contributed by atoms with van der Waals surface area (Å²) in [5.74, 6) is 0.311. The Hall–Kier alpha value is -4.02. The average Bonchev–Trinajstić information content (AvgIpc) is 3.65. The lowest BCUT2D eigenvalue weighted by molar-refractivity contribution is -0.0908. The van der Waals surface area contributed by atoms with E-state index in [2.05, 4.69) is 20.6 Å². The summed E-state index contributed by atoms with van der Waals surface area (Å²) in [6.07, 6.45) is -0.758. The summed E-state index contributed by atoms with van der Waals surface area (Å²) in [4.78, 5) is 32.0. The van der Waals surface area contributed by atoms with Crippen LogP contribution in [0.3, 0.4) is 0 Å². The van der Waals surface area contributed by atoms with Crippen LogP contribution in [0.4, 0.5) is 15.4 Å². The van der Waals surface area contributed by atoms with Crippen LogP contribution >= 0.6 is 11.3 Å². The first-order chi connectivity index (χ1) is 21.5. The molecule has 0 radical (unpaired) electrons. The van der Waals surface area contributed by atoms with E-state index in [9.17, 15) is 23.1 Å². The number of fused-ring (bicyclic) bond motifs is 1. The fraction of sp³-hybridized carbons (Fsp3) is 0.367. The predicted molar refractivity (Wildman–Crippen MR) is 169 cm³/mol. The van der Waals surface area contributed by atoms with Gasteiger partial charge in [0.15, 0.2) is 0 Å².